The third-order valence-electron chi connectivity index (χ3n) is 6.09. The van der Waals surface area contributed by atoms with Crippen molar-refractivity contribution in [2.45, 2.75) is 77.1 Å². The van der Waals surface area contributed by atoms with Crippen LogP contribution in [0.2, 0.25) is 0 Å². The van der Waals surface area contributed by atoms with Crippen molar-refractivity contribution in [3.63, 3.8) is 0 Å². The van der Waals surface area contributed by atoms with Gasteiger partial charge >= 0.3 is 0 Å². The SMILES string of the molecule is Cc1noc(C)c1-c1cc(C(O)C2CCC(C)(C)O2)c2nc(C3CC3)[nH]c2c1. The van der Waals surface area contributed by atoms with Crippen molar-refractivity contribution in [2.24, 2.45) is 0 Å². The molecule has 148 valence electrons. The van der Waals surface area contributed by atoms with E-state index in [9.17, 15) is 5.11 Å². The van der Waals surface area contributed by atoms with Crippen molar-refractivity contribution in [1.82, 2.24) is 15.1 Å². The number of H-pyrrole nitrogens is 1. The highest BCUT2D eigenvalue weighted by Crippen LogP contribution is 2.43. The molecule has 5 rings (SSSR count). The number of nitrogens with zero attached hydrogens (tertiary/aromatic N) is 2. The van der Waals surface area contributed by atoms with Gasteiger partial charge in [-0.05, 0) is 71.1 Å². The number of fused-ring (bicyclic) bond motifs is 1. The summed E-state index contributed by atoms with van der Waals surface area (Å²) in [4.78, 5) is 8.35. The molecule has 28 heavy (non-hydrogen) atoms. The fourth-order valence-corrected chi connectivity index (χ4v) is 4.42. The fourth-order valence-electron chi connectivity index (χ4n) is 4.42. The Balaban J connectivity index is 1.65. The number of benzene rings is 1. The van der Waals surface area contributed by atoms with Gasteiger partial charge in [0.1, 0.15) is 17.7 Å². The van der Waals surface area contributed by atoms with E-state index in [0.29, 0.717) is 5.92 Å². The lowest BCUT2D eigenvalue weighted by atomic mass is 9.94. The molecule has 0 radical (unpaired) electrons. The second-order valence-corrected chi connectivity index (χ2v) is 8.96. The van der Waals surface area contributed by atoms with Crippen LogP contribution in [-0.2, 0) is 4.74 Å². The van der Waals surface area contributed by atoms with E-state index in [4.69, 9.17) is 14.2 Å². The number of ether oxygens (including phenoxy) is 1. The normalized spacial score (nSPS) is 22.8. The van der Waals surface area contributed by atoms with Crippen LogP contribution in [0.25, 0.3) is 22.2 Å². The molecule has 2 aromatic heterocycles. The Morgan fingerprint density at radius 3 is 2.61 bits per heavy atom. The third-order valence-corrected chi connectivity index (χ3v) is 6.09. The van der Waals surface area contributed by atoms with Crippen molar-refractivity contribution >= 4 is 11.0 Å². The monoisotopic (exact) mass is 381 g/mol. The number of hydrogen-bond donors (Lipinski definition) is 2. The summed E-state index contributed by atoms with van der Waals surface area (Å²) in [7, 11) is 0. The van der Waals surface area contributed by atoms with Crippen LogP contribution in [0.4, 0.5) is 0 Å². The molecule has 1 aliphatic carbocycles. The van der Waals surface area contributed by atoms with Crippen LogP contribution in [0.5, 0.6) is 0 Å². The topological polar surface area (TPSA) is 84.2 Å². The summed E-state index contributed by atoms with van der Waals surface area (Å²) in [5, 5.41) is 15.4. The largest absolute Gasteiger partial charge is 0.386 e. The van der Waals surface area contributed by atoms with Crippen molar-refractivity contribution in [3.05, 3.63) is 35.0 Å². The van der Waals surface area contributed by atoms with Gasteiger partial charge in [0.15, 0.2) is 0 Å². The summed E-state index contributed by atoms with van der Waals surface area (Å²) in [5.74, 6) is 2.31. The van der Waals surface area contributed by atoms with Gasteiger partial charge in [-0.15, -0.1) is 0 Å². The Morgan fingerprint density at radius 1 is 1.21 bits per heavy atom. The minimum absolute atomic E-state index is 0.200. The minimum Gasteiger partial charge on any atom is -0.386 e. The number of nitrogens with one attached hydrogen (secondary N) is 1. The summed E-state index contributed by atoms with van der Waals surface area (Å²) < 4.78 is 11.5. The van der Waals surface area contributed by atoms with E-state index >= 15 is 0 Å². The molecule has 2 atom stereocenters. The maximum absolute atomic E-state index is 11.3. The maximum atomic E-state index is 11.3. The van der Waals surface area contributed by atoms with E-state index in [1.807, 2.05) is 19.9 Å². The number of aryl methyl sites for hydroxylation is 2. The first kappa shape index (κ1) is 17.9. The van der Waals surface area contributed by atoms with Gasteiger partial charge in [0.05, 0.1) is 28.4 Å². The number of aliphatic hydroxyl groups is 1. The molecule has 1 saturated heterocycles. The van der Waals surface area contributed by atoms with Crippen molar-refractivity contribution in [2.75, 3.05) is 0 Å². The molecule has 2 fully saturated rings. The van der Waals surface area contributed by atoms with E-state index in [1.54, 1.807) is 0 Å². The predicted molar refractivity (Wildman–Crippen MR) is 106 cm³/mol. The van der Waals surface area contributed by atoms with E-state index < -0.39 is 6.10 Å². The lowest BCUT2D eigenvalue weighted by Gasteiger charge is -2.23. The molecule has 2 aliphatic rings. The molecule has 1 saturated carbocycles. The first-order chi connectivity index (χ1) is 13.3. The van der Waals surface area contributed by atoms with Crippen LogP contribution in [0, 0.1) is 13.8 Å². The Hall–Kier alpha value is -2.18. The summed E-state index contributed by atoms with van der Waals surface area (Å²) in [5.41, 5.74) is 5.22. The molecule has 3 heterocycles. The standard InChI is InChI=1S/C22H27N3O3/c1-11-18(12(2)28-25-11)14-9-15(20(26)17-7-8-22(3,4)27-17)19-16(10-14)23-21(24-19)13-5-6-13/h9-10,13,17,20,26H,5-8H2,1-4H3,(H,23,24). The van der Waals surface area contributed by atoms with Crippen LogP contribution in [0.15, 0.2) is 16.7 Å². The average Bonchev–Trinajstić information content (AvgIpc) is 3.18. The molecule has 1 aliphatic heterocycles. The smallest absolute Gasteiger partial charge is 0.141 e. The number of hydrogen-bond acceptors (Lipinski definition) is 5. The zero-order valence-corrected chi connectivity index (χ0v) is 16.9. The van der Waals surface area contributed by atoms with E-state index in [2.05, 4.69) is 30.1 Å². The first-order valence-corrected chi connectivity index (χ1v) is 10.1. The van der Waals surface area contributed by atoms with Crippen LogP contribution in [0.1, 0.15) is 74.4 Å². The quantitative estimate of drug-likeness (QED) is 0.684. The lowest BCUT2D eigenvalue weighted by molar-refractivity contribution is -0.0716. The molecule has 1 aromatic carbocycles. The molecule has 0 spiro atoms. The number of aromatic amines is 1. The van der Waals surface area contributed by atoms with Gasteiger partial charge in [0, 0.05) is 17.0 Å². The highest BCUT2D eigenvalue weighted by molar-refractivity contribution is 5.86. The van der Waals surface area contributed by atoms with Gasteiger partial charge in [-0.25, -0.2) is 4.98 Å². The van der Waals surface area contributed by atoms with E-state index in [0.717, 1.165) is 57.8 Å². The zero-order valence-electron chi connectivity index (χ0n) is 16.9. The Morgan fingerprint density at radius 2 is 2.00 bits per heavy atom. The number of imidazole rings is 1. The molecule has 2 unspecified atom stereocenters. The third kappa shape index (κ3) is 2.95. The molecular formula is C22H27N3O3. The molecule has 6 heteroatoms. The number of aromatic nitrogens is 3. The minimum atomic E-state index is -0.722. The second-order valence-electron chi connectivity index (χ2n) is 8.96. The van der Waals surface area contributed by atoms with Gasteiger partial charge in [0.25, 0.3) is 0 Å². The molecule has 2 N–H and O–H groups in total. The molecular weight excluding hydrogens is 354 g/mol. The summed E-state index contributed by atoms with van der Waals surface area (Å²) in [6, 6.07) is 4.13. The van der Waals surface area contributed by atoms with Crippen LogP contribution in [0.3, 0.4) is 0 Å². The van der Waals surface area contributed by atoms with E-state index in [1.165, 1.54) is 12.8 Å². The van der Waals surface area contributed by atoms with E-state index in [-0.39, 0.29) is 11.7 Å². The van der Waals surface area contributed by atoms with Gasteiger partial charge in [-0.1, -0.05) is 5.16 Å². The van der Waals surface area contributed by atoms with Crippen LogP contribution in [-0.4, -0.2) is 31.9 Å². The van der Waals surface area contributed by atoms with Crippen LogP contribution >= 0.6 is 0 Å². The van der Waals surface area contributed by atoms with Crippen molar-refractivity contribution in [3.8, 4) is 11.1 Å². The molecule has 3 aromatic rings. The summed E-state index contributed by atoms with van der Waals surface area (Å²) >= 11 is 0. The zero-order chi connectivity index (χ0) is 19.6. The Kier molecular flexibility index (Phi) is 3.93. The number of rotatable bonds is 4. The predicted octanol–water partition coefficient (Wildman–Crippen LogP) is 4.70. The average molecular weight is 381 g/mol. The fraction of sp³-hybridized carbons (Fsp3) is 0.545. The lowest BCUT2D eigenvalue weighted by Crippen LogP contribution is -2.24. The van der Waals surface area contributed by atoms with Crippen molar-refractivity contribution < 1.29 is 14.4 Å². The highest BCUT2D eigenvalue weighted by atomic mass is 16.5. The van der Waals surface area contributed by atoms with Gasteiger partial charge in [0.2, 0.25) is 0 Å². The van der Waals surface area contributed by atoms with Gasteiger partial charge in [-0.3, -0.25) is 0 Å². The molecule has 6 nitrogen and oxygen atoms in total. The Labute approximate surface area is 164 Å². The molecule has 0 bridgehead atoms. The highest BCUT2D eigenvalue weighted by Gasteiger charge is 2.37. The number of aliphatic hydroxyl groups excluding tert-OH is 1. The summed E-state index contributed by atoms with van der Waals surface area (Å²) in [6.07, 6.45) is 3.18. The first-order valence-electron chi connectivity index (χ1n) is 10.1. The van der Waals surface area contributed by atoms with Gasteiger partial charge < -0.3 is 19.4 Å². The maximum Gasteiger partial charge on any atom is 0.141 e. The second kappa shape index (κ2) is 6.16. The van der Waals surface area contributed by atoms with Gasteiger partial charge in [-0.2, -0.15) is 0 Å². The molecule has 0 amide bonds. The van der Waals surface area contributed by atoms with Crippen molar-refractivity contribution in [1.29, 1.82) is 0 Å². The summed E-state index contributed by atoms with van der Waals surface area (Å²) in [6.45, 7) is 8.02. The van der Waals surface area contributed by atoms with Crippen LogP contribution < -0.4 is 0 Å². The Bertz CT molecular complexity index is 1030.